The molecule has 7 heteroatoms. The second-order valence-electron chi connectivity index (χ2n) is 3.10. The second-order valence-corrected chi connectivity index (χ2v) is 3.37. The highest BCUT2D eigenvalue weighted by Gasteiger charge is 2.26. The van der Waals surface area contributed by atoms with Gasteiger partial charge >= 0.3 is 5.97 Å². The number of rotatable bonds is 4. The van der Waals surface area contributed by atoms with Crippen molar-refractivity contribution < 1.29 is 18.3 Å². The van der Waals surface area contributed by atoms with Crippen molar-refractivity contribution in [2.45, 2.75) is 19.2 Å². The first kappa shape index (κ1) is 13.6. The zero-order chi connectivity index (χ0) is 13.0. The molecular weight excluding hydrogens is 254 g/mol. The minimum Gasteiger partial charge on any atom is -0.462 e. The maximum Gasteiger partial charge on any atom is 0.340 e. The van der Waals surface area contributed by atoms with Crippen LogP contribution in [0.1, 0.15) is 35.0 Å². The lowest BCUT2D eigenvalue weighted by Crippen LogP contribution is -2.15. The molecule has 0 saturated carbocycles. The molecule has 94 valence electrons. The Morgan fingerprint density at radius 2 is 2.29 bits per heavy atom. The van der Waals surface area contributed by atoms with Gasteiger partial charge in [-0.2, -0.15) is 0 Å². The Morgan fingerprint density at radius 1 is 1.65 bits per heavy atom. The summed E-state index contributed by atoms with van der Waals surface area (Å²) in [7, 11) is 0. The molecule has 1 rings (SSSR count). The van der Waals surface area contributed by atoms with E-state index in [1.165, 1.54) is 0 Å². The van der Waals surface area contributed by atoms with Crippen LogP contribution in [-0.4, -0.2) is 17.6 Å². The number of carbonyl (C=O) groups excluding carboxylic acids is 1. The number of anilines is 1. The van der Waals surface area contributed by atoms with E-state index in [-0.39, 0.29) is 29.4 Å². The molecule has 0 amide bonds. The van der Waals surface area contributed by atoms with Crippen molar-refractivity contribution in [1.29, 1.82) is 0 Å². The number of nitrogens with zero attached hydrogens (tertiary/aromatic N) is 1. The number of aromatic nitrogens is 1. The fraction of sp³-hybridized carbons (Fsp3) is 0.400. The largest absolute Gasteiger partial charge is 0.462 e. The van der Waals surface area contributed by atoms with Crippen LogP contribution < -0.4 is 5.73 Å². The number of carbonyl (C=O) groups is 1. The summed E-state index contributed by atoms with van der Waals surface area (Å²) in [4.78, 5) is 15.3. The molecule has 0 spiro atoms. The first-order valence-electron chi connectivity index (χ1n) is 4.81. The molecule has 0 aromatic carbocycles. The van der Waals surface area contributed by atoms with Crippen LogP contribution in [0, 0.1) is 0 Å². The van der Waals surface area contributed by atoms with Gasteiger partial charge in [0.05, 0.1) is 41.2 Å². The van der Waals surface area contributed by atoms with E-state index in [4.69, 9.17) is 17.3 Å². The fourth-order valence-electron chi connectivity index (χ4n) is 1.35. The molecule has 0 fully saturated rings. The zero-order valence-electron chi connectivity index (χ0n) is 9.04. The maximum absolute atomic E-state index is 12.8. The number of esters is 1. The fourth-order valence-corrected chi connectivity index (χ4v) is 1.55. The minimum atomic E-state index is -2.89. The van der Waals surface area contributed by atoms with E-state index in [1.54, 1.807) is 6.92 Å². The number of nitrogens with two attached hydrogens (primary N) is 1. The van der Waals surface area contributed by atoms with Crippen LogP contribution in [0.25, 0.3) is 0 Å². The van der Waals surface area contributed by atoms with Crippen LogP contribution in [0.2, 0.25) is 0 Å². The third kappa shape index (κ3) is 2.82. The molecule has 0 aliphatic carbocycles. The smallest absolute Gasteiger partial charge is 0.340 e. The van der Waals surface area contributed by atoms with Crippen molar-refractivity contribution in [1.82, 2.24) is 4.98 Å². The van der Waals surface area contributed by atoms with Crippen molar-refractivity contribution in [2.75, 3.05) is 12.3 Å². The third-order valence-corrected chi connectivity index (χ3v) is 2.31. The Balaban J connectivity index is 3.40. The summed E-state index contributed by atoms with van der Waals surface area (Å²) in [5.41, 5.74) is 4.26. The lowest BCUT2D eigenvalue weighted by atomic mass is 10.1. The van der Waals surface area contributed by atoms with Crippen molar-refractivity contribution >= 4 is 23.3 Å². The van der Waals surface area contributed by atoms with Crippen molar-refractivity contribution in [3.8, 4) is 0 Å². The van der Waals surface area contributed by atoms with Gasteiger partial charge in [-0.05, 0) is 6.92 Å². The molecule has 17 heavy (non-hydrogen) atoms. The number of pyridine rings is 1. The Bertz CT molecular complexity index is 427. The molecule has 4 nitrogen and oxygen atoms in total. The van der Waals surface area contributed by atoms with Crippen LogP contribution in [0.15, 0.2) is 6.20 Å². The monoisotopic (exact) mass is 264 g/mol. The van der Waals surface area contributed by atoms with Gasteiger partial charge in [0.25, 0.3) is 6.43 Å². The Labute approximate surface area is 102 Å². The molecular formula is C10H11ClF2N2O2. The molecule has 0 radical (unpaired) electrons. The number of nitrogen functional groups attached to an aromatic ring is 1. The number of hydrogen-bond acceptors (Lipinski definition) is 4. The van der Waals surface area contributed by atoms with E-state index in [1.807, 2.05) is 0 Å². The number of halogens is 3. The molecule has 1 aromatic heterocycles. The summed E-state index contributed by atoms with van der Waals surface area (Å²) < 4.78 is 30.4. The van der Waals surface area contributed by atoms with Crippen molar-refractivity contribution in [3.05, 3.63) is 23.0 Å². The maximum atomic E-state index is 12.8. The van der Waals surface area contributed by atoms with Crippen LogP contribution in [-0.2, 0) is 10.6 Å². The van der Waals surface area contributed by atoms with Crippen LogP contribution in [0.3, 0.4) is 0 Å². The predicted octanol–water partition coefficient (Wildman–Crippen LogP) is 2.52. The van der Waals surface area contributed by atoms with Gasteiger partial charge in [-0.3, -0.25) is 4.98 Å². The second kappa shape index (κ2) is 5.77. The van der Waals surface area contributed by atoms with Gasteiger partial charge in [0.15, 0.2) is 0 Å². The summed E-state index contributed by atoms with van der Waals surface area (Å²) in [6, 6.07) is 0. The molecule has 0 atom stereocenters. The average molecular weight is 265 g/mol. The Kier molecular flexibility index (Phi) is 4.62. The number of ether oxygens (including phenoxy) is 1. The third-order valence-electron chi connectivity index (χ3n) is 2.05. The molecule has 0 aliphatic rings. The molecule has 0 saturated heterocycles. The molecule has 0 aliphatic heterocycles. The molecule has 2 N–H and O–H groups in total. The van der Waals surface area contributed by atoms with E-state index in [0.29, 0.717) is 0 Å². The summed E-state index contributed by atoms with van der Waals surface area (Å²) in [6.45, 7) is 1.64. The quantitative estimate of drug-likeness (QED) is 0.670. The summed E-state index contributed by atoms with van der Waals surface area (Å²) >= 11 is 5.55. The summed E-state index contributed by atoms with van der Waals surface area (Å²) in [5.74, 6) is -1.06. The Hall–Kier alpha value is -1.43. The minimum absolute atomic E-state index is 0.0367. The van der Waals surface area contributed by atoms with Gasteiger partial charge in [-0.1, -0.05) is 0 Å². The molecule has 0 unspecified atom stereocenters. The average Bonchev–Trinajstić information content (AvgIpc) is 2.28. The Morgan fingerprint density at radius 3 is 2.76 bits per heavy atom. The van der Waals surface area contributed by atoms with Crippen LogP contribution in [0.5, 0.6) is 0 Å². The normalized spacial score (nSPS) is 10.6. The molecule has 0 bridgehead atoms. The summed E-state index contributed by atoms with van der Waals surface area (Å²) in [5, 5.41) is 0. The SMILES string of the molecule is CCOC(=O)c1c(CCl)ncc(N)c1C(F)F. The standard InChI is InChI=1S/C10H11ClF2N2O2/c1-2-17-10(16)8-6(3-11)15-4-5(14)7(8)9(12)13/h4,9H,2-3,14H2,1H3. The summed E-state index contributed by atoms with van der Waals surface area (Å²) in [6.07, 6.45) is -1.83. The number of alkyl halides is 3. The van der Waals surface area contributed by atoms with Gasteiger partial charge in [-0.15, -0.1) is 11.6 Å². The van der Waals surface area contributed by atoms with Crippen LogP contribution >= 0.6 is 11.6 Å². The highest BCUT2D eigenvalue weighted by atomic mass is 35.5. The van der Waals surface area contributed by atoms with Gasteiger partial charge < -0.3 is 10.5 Å². The topological polar surface area (TPSA) is 65.2 Å². The molecule has 1 aromatic rings. The van der Waals surface area contributed by atoms with E-state index in [2.05, 4.69) is 9.72 Å². The van der Waals surface area contributed by atoms with Gasteiger partial charge in [0, 0.05) is 0 Å². The van der Waals surface area contributed by atoms with Gasteiger partial charge in [0.1, 0.15) is 0 Å². The molecule has 1 heterocycles. The van der Waals surface area contributed by atoms with E-state index in [0.717, 1.165) is 6.20 Å². The lowest BCUT2D eigenvalue weighted by Gasteiger charge is -2.13. The lowest BCUT2D eigenvalue weighted by molar-refractivity contribution is 0.0514. The van der Waals surface area contributed by atoms with Crippen molar-refractivity contribution in [2.24, 2.45) is 0 Å². The van der Waals surface area contributed by atoms with E-state index >= 15 is 0 Å². The highest BCUT2D eigenvalue weighted by Crippen LogP contribution is 2.30. The van der Waals surface area contributed by atoms with Gasteiger partial charge in [0.2, 0.25) is 0 Å². The first-order chi connectivity index (χ1) is 8.02. The van der Waals surface area contributed by atoms with Gasteiger partial charge in [-0.25, -0.2) is 13.6 Å². The van der Waals surface area contributed by atoms with E-state index in [9.17, 15) is 13.6 Å². The number of hydrogen-bond donors (Lipinski definition) is 1. The highest BCUT2D eigenvalue weighted by molar-refractivity contribution is 6.17. The zero-order valence-corrected chi connectivity index (χ0v) is 9.80. The predicted molar refractivity (Wildman–Crippen MR) is 59.1 cm³/mol. The van der Waals surface area contributed by atoms with E-state index < -0.39 is 18.0 Å². The van der Waals surface area contributed by atoms with Crippen LogP contribution in [0.4, 0.5) is 14.5 Å². The first-order valence-corrected chi connectivity index (χ1v) is 5.34. The van der Waals surface area contributed by atoms with Crippen molar-refractivity contribution in [3.63, 3.8) is 0 Å².